The van der Waals surface area contributed by atoms with E-state index in [1.54, 1.807) is 12.2 Å². The first-order chi connectivity index (χ1) is 6.76. The predicted octanol–water partition coefficient (Wildman–Crippen LogP) is 1.33. The number of aliphatic hydroxyl groups excluding tert-OH is 1. The van der Waals surface area contributed by atoms with Crippen LogP contribution in [0.4, 0.5) is 0 Å². The van der Waals surface area contributed by atoms with Gasteiger partial charge in [-0.05, 0) is 6.92 Å². The van der Waals surface area contributed by atoms with Gasteiger partial charge in [-0.1, -0.05) is 25.0 Å². The highest BCUT2D eigenvalue weighted by atomic mass is 16.7. The molecule has 1 N–H and O–H groups in total. The molecule has 0 rings (SSSR count). The molecule has 0 saturated heterocycles. The van der Waals surface area contributed by atoms with Gasteiger partial charge in [0.1, 0.15) is 19.0 Å². The number of ether oxygens (including phenoxy) is 2. The minimum absolute atomic E-state index is 0.137. The van der Waals surface area contributed by atoms with E-state index in [1.165, 1.54) is 7.11 Å². The van der Waals surface area contributed by atoms with Crippen LogP contribution in [0.2, 0.25) is 0 Å². The number of rotatable bonds is 5. The molecule has 14 heavy (non-hydrogen) atoms. The highest BCUT2D eigenvalue weighted by molar-refractivity contribution is 5.10. The van der Waals surface area contributed by atoms with Gasteiger partial charge < -0.3 is 14.6 Å². The van der Waals surface area contributed by atoms with Crippen LogP contribution >= 0.6 is 0 Å². The second kappa shape index (κ2) is 8.76. The number of allylic oxidation sites excluding steroid dienone is 1. The topological polar surface area (TPSA) is 38.7 Å². The molecule has 0 spiro atoms. The maximum Gasteiger partial charge on any atom is 0.150 e. The molecule has 0 bridgehead atoms. The van der Waals surface area contributed by atoms with E-state index in [0.717, 1.165) is 6.42 Å². The van der Waals surface area contributed by atoms with E-state index >= 15 is 0 Å². The minimum atomic E-state index is -0.700. The van der Waals surface area contributed by atoms with Crippen LogP contribution in [0.25, 0.3) is 0 Å². The fourth-order valence-corrected chi connectivity index (χ4v) is 0.868. The first-order valence-electron chi connectivity index (χ1n) is 4.66. The van der Waals surface area contributed by atoms with Gasteiger partial charge in [0.2, 0.25) is 0 Å². The summed E-state index contributed by atoms with van der Waals surface area (Å²) < 4.78 is 9.97. The van der Waals surface area contributed by atoms with Crippen LogP contribution in [0.3, 0.4) is 0 Å². The van der Waals surface area contributed by atoms with E-state index in [4.69, 9.17) is 9.47 Å². The lowest BCUT2D eigenvalue weighted by Gasteiger charge is -2.14. The molecule has 0 radical (unpaired) electrons. The highest BCUT2D eigenvalue weighted by Gasteiger charge is 2.13. The Bertz CT molecular complexity index is 212. The maximum absolute atomic E-state index is 9.59. The molecule has 0 amide bonds. The van der Waals surface area contributed by atoms with Crippen molar-refractivity contribution in [3.8, 4) is 11.8 Å². The van der Waals surface area contributed by atoms with Crippen molar-refractivity contribution in [2.75, 3.05) is 13.9 Å². The first-order valence-corrected chi connectivity index (χ1v) is 4.66. The Morgan fingerprint density at radius 3 is 2.71 bits per heavy atom. The van der Waals surface area contributed by atoms with Crippen LogP contribution < -0.4 is 0 Å². The molecule has 80 valence electrons. The summed E-state index contributed by atoms with van der Waals surface area (Å²) in [7, 11) is 1.53. The van der Waals surface area contributed by atoms with Gasteiger partial charge in [-0.3, -0.25) is 0 Å². The zero-order valence-corrected chi connectivity index (χ0v) is 8.99. The normalized spacial score (nSPS) is 14.9. The molecule has 0 aromatic rings. The van der Waals surface area contributed by atoms with Crippen molar-refractivity contribution < 1.29 is 14.6 Å². The molecule has 0 fully saturated rings. The molecular formula is C11H18O3. The van der Waals surface area contributed by atoms with E-state index in [-0.39, 0.29) is 6.79 Å². The van der Waals surface area contributed by atoms with Crippen molar-refractivity contribution in [3.63, 3.8) is 0 Å². The van der Waals surface area contributed by atoms with Crippen molar-refractivity contribution in [2.24, 2.45) is 0 Å². The van der Waals surface area contributed by atoms with Crippen LogP contribution in [-0.4, -0.2) is 31.2 Å². The van der Waals surface area contributed by atoms with Gasteiger partial charge in [0.05, 0.1) is 0 Å². The van der Waals surface area contributed by atoms with E-state index in [0.29, 0.717) is 0 Å². The van der Waals surface area contributed by atoms with Crippen LogP contribution in [0.1, 0.15) is 20.3 Å². The lowest BCUT2D eigenvalue weighted by Crippen LogP contribution is -2.26. The first kappa shape index (κ1) is 13.2. The monoisotopic (exact) mass is 198 g/mol. The van der Waals surface area contributed by atoms with Gasteiger partial charge in [0, 0.05) is 13.5 Å². The molecule has 0 saturated carbocycles. The maximum atomic E-state index is 9.59. The molecule has 0 aliphatic rings. The Balaban J connectivity index is 4.22. The van der Waals surface area contributed by atoms with Crippen molar-refractivity contribution >= 4 is 0 Å². The second-order valence-electron chi connectivity index (χ2n) is 2.68. The second-order valence-corrected chi connectivity index (χ2v) is 2.68. The smallest absolute Gasteiger partial charge is 0.150 e. The molecule has 3 nitrogen and oxygen atoms in total. The van der Waals surface area contributed by atoms with E-state index in [2.05, 4.69) is 11.8 Å². The van der Waals surface area contributed by atoms with Crippen molar-refractivity contribution in [1.29, 1.82) is 0 Å². The van der Waals surface area contributed by atoms with E-state index in [1.807, 2.05) is 13.8 Å². The molecule has 0 heterocycles. The lowest BCUT2D eigenvalue weighted by molar-refractivity contribution is -0.0797. The van der Waals surface area contributed by atoms with Gasteiger partial charge in [0.25, 0.3) is 0 Å². The summed E-state index contributed by atoms with van der Waals surface area (Å²) in [5, 5.41) is 9.59. The Hall–Kier alpha value is -0.820. The van der Waals surface area contributed by atoms with Crippen molar-refractivity contribution in [1.82, 2.24) is 0 Å². The summed E-state index contributed by atoms with van der Waals surface area (Å²) in [6.45, 7) is 3.92. The number of hydrogen-bond donors (Lipinski definition) is 1. The average Bonchev–Trinajstić information content (AvgIpc) is 2.18. The fourth-order valence-electron chi connectivity index (χ4n) is 0.868. The summed E-state index contributed by atoms with van der Waals surface area (Å²) in [6, 6.07) is 0. The van der Waals surface area contributed by atoms with Crippen molar-refractivity contribution in [3.05, 3.63) is 12.2 Å². The van der Waals surface area contributed by atoms with Gasteiger partial charge >= 0.3 is 0 Å². The van der Waals surface area contributed by atoms with Crippen LogP contribution in [0, 0.1) is 11.8 Å². The number of methoxy groups -OCH3 is 1. The number of hydrogen-bond acceptors (Lipinski definition) is 3. The zero-order chi connectivity index (χ0) is 10.8. The standard InChI is InChI=1S/C11H18O3/c1-4-6-8-11(14-9-13-3)10(12)7-5-2/h5,7,10-12H,4,9H2,1-3H3/b7-5+/t10-,11+/m0/s1. The summed E-state index contributed by atoms with van der Waals surface area (Å²) in [6.07, 6.45) is 2.95. The van der Waals surface area contributed by atoms with Gasteiger partial charge in [0.15, 0.2) is 0 Å². The van der Waals surface area contributed by atoms with Gasteiger partial charge in [-0.15, -0.1) is 5.92 Å². The summed E-state index contributed by atoms with van der Waals surface area (Å²) in [4.78, 5) is 0. The SMILES string of the molecule is C/C=C/[C@H](O)[C@@H](C#CCC)OCOC. The third-order valence-corrected chi connectivity index (χ3v) is 1.49. The fraction of sp³-hybridized carbons (Fsp3) is 0.636. The Kier molecular flexibility index (Phi) is 8.25. The summed E-state index contributed by atoms with van der Waals surface area (Å²) in [5.41, 5.74) is 0. The molecule has 2 atom stereocenters. The molecule has 0 aliphatic heterocycles. The molecule has 0 unspecified atom stereocenters. The third-order valence-electron chi connectivity index (χ3n) is 1.49. The van der Waals surface area contributed by atoms with Crippen LogP contribution in [-0.2, 0) is 9.47 Å². The molecule has 0 aliphatic carbocycles. The Morgan fingerprint density at radius 1 is 1.50 bits per heavy atom. The zero-order valence-electron chi connectivity index (χ0n) is 8.99. The average molecular weight is 198 g/mol. The molecule has 0 aromatic heterocycles. The quantitative estimate of drug-likeness (QED) is 0.411. The molecule has 3 heteroatoms. The Labute approximate surface area is 85.7 Å². The minimum Gasteiger partial charge on any atom is -0.385 e. The Morgan fingerprint density at radius 2 is 2.21 bits per heavy atom. The van der Waals surface area contributed by atoms with Gasteiger partial charge in [-0.25, -0.2) is 0 Å². The van der Waals surface area contributed by atoms with Crippen LogP contribution in [0.5, 0.6) is 0 Å². The summed E-state index contributed by atoms with van der Waals surface area (Å²) in [5.74, 6) is 5.71. The summed E-state index contributed by atoms with van der Waals surface area (Å²) >= 11 is 0. The predicted molar refractivity (Wildman–Crippen MR) is 55.6 cm³/mol. The van der Waals surface area contributed by atoms with Gasteiger partial charge in [-0.2, -0.15) is 0 Å². The van der Waals surface area contributed by atoms with Crippen LogP contribution in [0.15, 0.2) is 12.2 Å². The van der Waals surface area contributed by atoms with E-state index < -0.39 is 12.2 Å². The highest BCUT2D eigenvalue weighted by Crippen LogP contribution is 2.00. The third kappa shape index (κ3) is 5.76. The van der Waals surface area contributed by atoms with E-state index in [9.17, 15) is 5.11 Å². The molecule has 0 aromatic carbocycles. The lowest BCUT2D eigenvalue weighted by atomic mass is 10.2. The largest absolute Gasteiger partial charge is 0.385 e. The molecular weight excluding hydrogens is 180 g/mol. The van der Waals surface area contributed by atoms with Crippen molar-refractivity contribution in [2.45, 2.75) is 32.5 Å². The number of aliphatic hydroxyl groups is 1.